The van der Waals surface area contributed by atoms with Crippen LogP contribution in [0.2, 0.25) is 0 Å². The number of nitrogens with zero attached hydrogens (tertiary/aromatic N) is 4. The zero-order valence-electron chi connectivity index (χ0n) is 10.6. The number of likely N-dealkylation sites (N-methyl/N-ethyl adjacent to an activating group) is 1. The van der Waals surface area contributed by atoms with Crippen molar-refractivity contribution in [2.24, 2.45) is 0 Å². The Bertz CT molecular complexity index is 447. The van der Waals surface area contributed by atoms with Crippen molar-refractivity contribution in [2.45, 2.75) is 31.6 Å². The van der Waals surface area contributed by atoms with E-state index in [1.54, 1.807) is 6.20 Å². The van der Waals surface area contributed by atoms with Gasteiger partial charge in [0.15, 0.2) is 0 Å². The maximum atomic E-state index is 9.11. The molecule has 0 radical (unpaired) electrons. The van der Waals surface area contributed by atoms with Gasteiger partial charge in [0.05, 0.1) is 6.07 Å². The Labute approximate surface area is 102 Å². The number of rotatable bonds is 2. The molecule has 0 spiro atoms. The first-order chi connectivity index (χ1) is 8.03. The Balaban J connectivity index is 2.27. The average molecular weight is 230 g/mol. The molecule has 2 rings (SSSR count). The molecule has 90 valence electrons. The molecule has 1 unspecified atom stereocenters. The summed E-state index contributed by atoms with van der Waals surface area (Å²) in [6.07, 6.45) is 2.91. The molecule has 0 bridgehead atoms. The Morgan fingerprint density at radius 1 is 1.53 bits per heavy atom. The van der Waals surface area contributed by atoms with Crippen LogP contribution in [0.1, 0.15) is 37.7 Å². The fourth-order valence-corrected chi connectivity index (χ4v) is 2.13. The second kappa shape index (κ2) is 4.42. The standard InChI is InChI=1S/C13H18N4/c1-13(2,9-14)12-15-6-4-11(16-12)10-5-7-17(3)8-10/h4,6,10H,5,7-8H2,1-3H3. The predicted molar refractivity (Wildman–Crippen MR) is 65.5 cm³/mol. The van der Waals surface area contributed by atoms with E-state index in [4.69, 9.17) is 5.26 Å². The van der Waals surface area contributed by atoms with Crippen molar-refractivity contribution in [3.05, 3.63) is 23.8 Å². The molecule has 4 nitrogen and oxygen atoms in total. The summed E-state index contributed by atoms with van der Waals surface area (Å²) < 4.78 is 0. The van der Waals surface area contributed by atoms with Crippen LogP contribution in [0.4, 0.5) is 0 Å². The van der Waals surface area contributed by atoms with E-state index >= 15 is 0 Å². The fourth-order valence-electron chi connectivity index (χ4n) is 2.13. The van der Waals surface area contributed by atoms with Gasteiger partial charge < -0.3 is 4.90 Å². The van der Waals surface area contributed by atoms with Crippen molar-refractivity contribution >= 4 is 0 Å². The summed E-state index contributed by atoms with van der Waals surface area (Å²) in [6.45, 7) is 5.87. The minimum absolute atomic E-state index is 0.483. The van der Waals surface area contributed by atoms with Gasteiger partial charge >= 0.3 is 0 Å². The molecule has 1 fully saturated rings. The Morgan fingerprint density at radius 3 is 2.88 bits per heavy atom. The average Bonchev–Trinajstić information content (AvgIpc) is 2.76. The number of hydrogen-bond donors (Lipinski definition) is 0. The maximum Gasteiger partial charge on any atom is 0.148 e. The van der Waals surface area contributed by atoms with E-state index in [0.29, 0.717) is 11.7 Å². The summed E-state index contributed by atoms with van der Waals surface area (Å²) in [5.41, 5.74) is 0.461. The van der Waals surface area contributed by atoms with Crippen molar-refractivity contribution in [3.63, 3.8) is 0 Å². The van der Waals surface area contributed by atoms with Crippen LogP contribution >= 0.6 is 0 Å². The summed E-state index contributed by atoms with van der Waals surface area (Å²) in [7, 11) is 2.13. The van der Waals surface area contributed by atoms with Gasteiger partial charge in [-0.2, -0.15) is 5.26 Å². The minimum Gasteiger partial charge on any atom is -0.306 e. The molecule has 1 aromatic heterocycles. The topological polar surface area (TPSA) is 52.8 Å². The van der Waals surface area contributed by atoms with Crippen molar-refractivity contribution < 1.29 is 0 Å². The number of aromatic nitrogens is 2. The van der Waals surface area contributed by atoms with E-state index in [1.165, 1.54) is 0 Å². The third-order valence-electron chi connectivity index (χ3n) is 3.33. The van der Waals surface area contributed by atoms with Crippen LogP contribution in [0.5, 0.6) is 0 Å². The number of nitriles is 1. The summed E-state index contributed by atoms with van der Waals surface area (Å²) in [5, 5.41) is 9.11. The molecule has 1 atom stereocenters. The highest BCUT2D eigenvalue weighted by atomic mass is 15.1. The quantitative estimate of drug-likeness (QED) is 0.776. The minimum atomic E-state index is -0.611. The van der Waals surface area contributed by atoms with E-state index in [2.05, 4.69) is 28.0 Å². The lowest BCUT2D eigenvalue weighted by Crippen LogP contribution is -2.20. The molecule has 1 aliphatic heterocycles. The molecular formula is C13H18N4. The third kappa shape index (κ3) is 2.45. The molecule has 0 N–H and O–H groups in total. The van der Waals surface area contributed by atoms with Crippen LogP contribution in [-0.2, 0) is 5.41 Å². The van der Waals surface area contributed by atoms with Gasteiger partial charge in [0.2, 0.25) is 0 Å². The van der Waals surface area contributed by atoms with Gasteiger partial charge in [0, 0.05) is 24.4 Å². The van der Waals surface area contributed by atoms with Crippen LogP contribution in [0, 0.1) is 11.3 Å². The Kier molecular flexibility index (Phi) is 3.12. The largest absolute Gasteiger partial charge is 0.306 e. The van der Waals surface area contributed by atoms with Crippen molar-refractivity contribution in [2.75, 3.05) is 20.1 Å². The summed E-state index contributed by atoms with van der Waals surface area (Å²) >= 11 is 0. The lowest BCUT2D eigenvalue weighted by atomic mass is 9.94. The maximum absolute atomic E-state index is 9.11. The fraction of sp³-hybridized carbons (Fsp3) is 0.615. The molecule has 1 aliphatic rings. The van der Waals surface area contributed by atoms with Gasteiger partial charge in [-0.25, -0.2) is 9.97 Å². The third-order valence-corrected chi connectivity index (χ3v) is 3.33. The molecule has 0 aromatic carbocycles. The highest BCUT2D eigenvalue weighted by Gasteiger charge is 2.27. The van der Waals surface area contributed by atoms with E-state index < -0.39 is 5.41 Å². The van der Waals surface area contributed by atoms with Crippen LogP contribution in [0.25, 0.3) is 0 Å². The monoisotopic (exact) mass is 230 g/mol. The Hall–Kier alpha value is -1.47. The van der Waals surface area contributed by atoms with Crippen molar-refractivity contribution in [1.82, 2.24) is 14.9 Å². The van der Waals surface area contributed by atoms with Crippen molar-refractivity contribution in [3.8, 4) is 6.07 Å². The second-order valence-corrected chi connectivity index (χ2v) is 5.29. The highest BCUT2D eigenvalue weighted by molar-refractivity contribution is 5.20. The zero-order valence-corrected chi connectivity index (χ0v) is 10.6. The van der Waals surface area contributed by atoms with Crippen LogP contribution < -0.4 is 0 Å². The lowest BCUT2D eigenvalue weighted by molar-refractivity contribution is 0.410. The van der Waals surface area contributed by atoms with Gasteiger partial charge in [0.1, 0.15) is 11.2 Å². The Morgan fingerprint density at radius 2 is 2.29 bits per heavy atom. The first-order valence-corrected chi connectivity index (χ1v) is 5.96. The van der Waals surface area contributed by atoms with E-state index in [-0.39, 0.29) is 0 Å². The van der Waals surface area contributed by atoms with Gasteiger partial charge in [-0.3, -0.25) is 0 Å². The van der Waals surface area contributed by atoms with Gasteiger partial charge in [0.25, 0.3) is 0 Å². The van der Waals surface area contributed by atoms with Crippen LogP contribution in [0.15, 0.2) is 12.3 Å². The molecule has 0 amide bonds. The molecule has 0 saturated carbocycles. The predicted octanol–water partition coefficient (Wildman–Crippen LogP) is 1.70. The molecule has 4 heteroatoms. The lowest BCUT2D eigenvalue weighted by Gasteiger charge is -2.16. The summed E-state index contributed by atoms with van der Waals surface area (Å²) in [5.74, 6) is 1.11. The highest BCUT2D eigenvalue weighted by Crippen LogP contribution is 2.26. The smallest absolute Gasteiger partial charge is 0.148 e. The van der Waals surface area contributed by atoms with Crippen LogP contribution in [-0.4, -0.2) is 35.0 Å². The molecule has 1 aromatic rings. The molecule has 1 saturated heterocycles. The SMILES string of the molecule is CN1CCC(c2ccnc(C(C)(C)C#N)n2)C1. The first kappa shape index (κ1) is 12.0. The van der Waals surface area contributed by atoms with Crippen LogP contribution in [0.3, 0.4) is 0 Å². The van der Waals surface area contributed by atoms with Gasteiger partial charge in [-0.05, 0) is 39.9 Å². The summed E-state index contributed by atoms with van der Waals surface area (Å²) in [4.78, 5) is 11.1. The normalized spacial score (nSPS) is 21.4. The zero-order chi connectivity index (χ0) is 12.5. The number of likely N-dealkylation sites (tertiary alicyclic amines) is 1. The van der Waals surface area contributed by atoms with Gasteiger partial charge in [-0.1, -0.05) is 0 Å². The second-order valence-electron chi connectivity index (χ2n) is 5.29. The first-order valence-electron chi connectivity index (χ1n) is 5.96. The van der Waals surface area contributed by atoms with E-state index in [9.17, 15) is 0 Å². The van der Waals surface area contributed by atoms with Gasteiger partial charge in [-0.15, -0.1) is 0 Å². The number of hydrogen-bond acceptors (Lipinski definition) is 4. The molecular weight excluding hydrogens is 212 g/mol. The molecule has 2 heterocycles. The summed E-state index contributed by atoms with van der Waals surface area (Å²) in [6, 6.07) is 4.22. The van der Waals surface area contributed by atoms with E-state index in [0.717, 1.165) is 25.2 Å². The van der Waals surface area contributed by atoms with Crippen molar-refractivity contribution in [1.29, 1.82) is 5.26 Å². The molecule has 17 heavy (non-hydrogen) atoms. The molecule has 0 aliphatic carbocycles. The van der Waals surface area contributed by atoms with E-state index in [1.807, 2.05) is 19.9 Å².